The van der Waals surface area contributed by atoms with Gasteiger partial charge in [-0.2, -0.15) is 5.10 Å². The van der Waals surface area contributed by atoms with Crippen LogP contribution in [0.1, 0.15) is 5.69 Å². The largest absolute Gasteiger partial charge is 0.274 e. The van der Waals surface area contributed by atoms with Crippen LogP contribution in [0.15, 0.2) is 11.1 Å². The van der Waals surface area contributed by atoms with E-state index in [4.69, 9.17) is 0 Å². The van der Waals surface area contributed by atoms with Crippen molar-refractivity contribution in [2.24, 2.45) is 7.05 Å². The molecule has 0 radical (unpaired) electrons. The van der Waals surface area contributed by atoms with Gasteiger partial charge in [0.25, 0.3) is 0 Å². The fraction of sp³-hybridized carbons (Fsp3) is 0.400. The Morgan fingerprint density at radius 2 is 2.44 bits per heavy atom. The summed E-state index contributed by atoms with van der Waals surface area (Å²) in [4.78, 5) is 1.13. The molecule has 0 aromatic carbocycles. The van der Waals surface area contributed by atoms with E-state index in [9.17, 15) is 0 Å². The van der Waals surface area contributed by atoms with Crippen LogP contribution in [0.5, 0.6) is 0 Å². The first-order valence-electron chi connectivity index (χ1n) is 2.55. The van der Waals surface area contributed by atoms with E-state index in [-0.39, 0.29) is 0 Å². The van der Waals surface area contributed by atoms with E-state index in [0.29, 0.717) is 0 Å². The normalized spacial score (nSPS) is 10.1. The molecule has 1 heterocycles. The molecule has 1 rings (SSSR count). The average Bonchev–Trinajstić information content (AvgIpc) is 2.10. The predicted molar refractivity (Wildman–Crippen MR) is 42.8 cm³/mol. The van der Waals surface area contributed by atoms with Crippen molar-refractivity contribution in [3.8, 4) is 0 Å². The first kappa shape index (κ1) is 7.02. The Morgan fingerprint density at radius 1 is 1.78 bits per heavy atom. The number of rotatable bonds is 1. The summed E-state index contributed by atoms with van der Waals surface area (Å²) in [6, 6.07) is 0. The molecule has 0 fully saturated rings. The fourth-order valence-corrected chi connectivity index (χ4v) is 1.58. The highest BCUT2D eigenvalue weighted by Gasteiger charge is 1.98. The van der Waals surface area contributed by atoms with Crippen LogP contribution >= 0.6 is 22.5 Å². The summed E-state index contributed by atoms with van der Waals surface area (Å²) in [6.45, 7) is 1.97. The van der Waals surface area contributed by atoms with Crippen LogP contribution in [0, 0.1) is 6.92 Å². The number of nitrogens with zero attached hydrogens (tertiary/aromatic N) is 2. The molecule has 0 aliphatic carbocycles. The van der Waals surface area contributed by atoms with Gasteiger partial charge in [-0.1, -0.05) is 10.8 Å². The van der Waals surface area contributed by atoms with Crippen LogP contribution in [0.2, 0.25) is 0 Å². The van der Waals surface area contributed by atoms with Gasteiger partial charge in [0, 0.05) is 13.2 Å². The molecule has 0 aliphatic rings. The molecule has 0 N–H and O–H groups in total. The van der Waals surface area contributed by atoms with E-state index in [0.717, 1.165) is 10.6 Å². The molecule has 1 aromatic rings. The Hall–Kier alpha value is -0.0900. The average molecular weight is 160 g/mol. The summed E-state index contributed by atoms with van der Waals surface area (Å²) in [5, 5.41) is 4.13. The molecule has 9 heavy (non-hydrogen) atoms. The highest BCUT2D eigenvalue weighted by molar-refractivity contribution is 8.68. The van der Waals surface area contributed by atoms with Gasteiger partial charge in [-0.15, -0.1) is 11.7 Å². The van der Waals surface area contributed by atoms with Gasteiger partial charge < -0.3 is 0 Å². The van der Waals surface area contributed by atoms with Crippen molar-refractivity contribution in [3.63, 3.8) is 0 Å². The highest BCUT2D eigenvalue weighted by atomic mass is 33.1. The van der Waals surface area contributed by atoms with Gasteiger partial charge in [0.1, 0.15) is 0 Å². The molecule has 0 saturated heterocycles. The van der Waals surface area contributed by atoms with Crippen LogP contribution in [-0.2, 0) is 7.05 Å². The zero-order valence-electron chi connectivity index (χ0n) is 5.33. The molecular formula is C5H8N2S2. The van der Waals surface area contributed by atoms with E-state index >= 15 is 0 Å². The third kappa shape index (κ3) is 1.43. The third-order valence-corrected chi connectivity index (χ3v) is 2.25. The van der Waals surface area contributed by atoms with Gasteiger partial charge in [-0.25, -0.2) is 0 Å². The molecule has 50 valence electrons. The van der Waals surface area contributed by atoms with Gasteiger partial charge >= 0.3 is 0 Å². The Morgan fingerprint density at radius 3 is 2.67 bits per heavy atom. The lowest BCUT2D eigenvalue weighted by Gasteiger charge is -1.83. The maximum atomic E-state index is 4.13. The van der Waals surface area contributed by atoms with Crippen LogP contribution in [-0.4, -0.2) is 9.78 Å². The van der Waals surface area contributed by atoms with Crippen molar-refractivity contribution in [2.75, 3.05) is 0 Å². The molecule has 2 nitrogen and oxygen atoms in total. The number of hydrogen-bond donors (Lipinski definition) is 1. The summed E-state index contributed by atoms with van der Waals surface area (Å²) < 4.78 is 1.79. The molecular weight excluding hydrogens is 152 g/mol. The summed E-state index contributed by atoms with van der Waals surface area (Å²) >= 11 is 4.06. The molecule has 0 aliphatic heterocycles. The van der Waals surface area contributed by atoms with Crippen molar-refractivity contribution < 1.29 is 0 Å². The molecule has 0 amide bonds. The zero-order valence-corrected chi connectivity index (χ0v) is 7.04. The van der Waals surface area contributed by atoms with Crippen molar-refractivity contribution >= 4 is 22.5 Å². The lowest BCUT2D eigenvalue weighted by Crippen LogP contribution is -1.86. The minimum Gasteiger partial charge on any atom is -0.274 e. The molecule has 0 atom stereocenters. The monoisotopic (exact) mass is 160 g/mol. The Bertz CT molecular complexity index is 207. The standard InChI is InChI=1S/C5H8N2S2/c1-4-5(9-8)3-7(2)6-4/h3,8H,1-2H3. The van der Waals surface area contributed by atoms with Crippen molar-refractivity contribution in [3.05, 3.63) is 11.9 Å². The summed E-state index contributed by atoms with van der Waals surface area (Å²) in [6.07, 6.45) is 1.95. The molecule has 0 saturated carbocycles. The predicted octanol–water partition coefficient (Wildman–Crippen LogP) is 1.67. The number of thiol groups is 1. The number of aromatic nitrogens is 2. The minimum atomic E-state index is 1.04. The molecule has 4 heteroatoms. The topological polar surface area (TPSA) is 17.8 Å². The summed E-state index contributed by atoms with van der Waals surface area (Å²) in [5.41, 5.74) is 1.04. The SMILES string of the molecule is Cc1nn(C)cc1SS. The smallest absolute Gasteiger partial charge is 0.0737 e. The van der Waals surface area contributed by atoms with E-state index in [1.165, 1.54) is 10.8 Å². The van der Waals surface area contributed by atoms with E-state index in [1.54, 1.807) is 4.68 Å². The van der Waals surface area contributed by atoms with Crippen LogP contribution in [0.25, 0.3) is 0 Å². The first-order valence-corrected chi connectivity index (χ1v) is 4.42. The number of hydrogen-bond acceptors (Lipinski definition) is 3. The zero-order chi connectivity index (χ0) is 6.85. The Kier molecular flexibility index (Phi) is 2.08. The molecule has 0 spiro atoms. The van der Waals surface area contributed by atoms with Crippen LogP contribution < -0.4 is 0 Å². The summed E-state index contributed by atoms with van der Waals surface area (Å²) in [5.74, 6) is 0. The Balaban J connectivity index is 3.01. The first-order chi connectivity index (χ1) is 4.24. The van der Waals surface area contributed by atoms with E-state index in [1.807, 2.05) is 20.2 Å². The Labute approximate surface area is 63.4 Å². The van der Waals surface area contributed by atoms with Gasteiger partial charge in [-0.3, -0.25) is 4.68 Å². The summed E-state index contributed by atoms with van der Waals surface area (Å²) in [7, 11) is 3.33. The van der Waals surface area contributed by atoms with Gasteiger partial charge in [0.05, 0.1) is 10.6 Å². The maximum absolute atomic E-state index is 4.13. The minimum absolute atomic E-state index is 1.04. The van der Waals surface area contributed by atoms with Gasteiger partial charge in [0.15, 0.2) is 0 Å². The van der Waals surface area contributed by atoms with Crippen LogP contribution in [0.4, 0.5) is 0 Å². The van der Waals surface area contributed by atoms with Crippen molar-refractivity contribution in [1.82, 2.24) is 9.78 Å². The molecule has 0 unspecified atom stereocenters. The van der Waals surface area contributed by atoms with E-state index < -0.39 is 0 Å². The lowest BCUT2D eigenvalue weighted by atomic mass is 10.5. The molecule has 0 bridgehead atoms. The van der Waals surface area contributed by atoms with E-state index in [2.05, 4.69) is 16.8 Å². The second-order valence-corrected chi connectivity index (χ2v) is 3.01. The van der Waals surface area contributed by atoms with Gasteiger partial charge in [0.2, 0.25) is 0 Å². The van der Waals surface area contributed by atoms with Crippen LogP contribution in [0.3, 0.4) is 0 Å². The molecule has 1 aromatic heterocycles. The van der Waals surface area contributed by atoms with Crippen molar-refractivity contribution in [2.45, 2.75) is 11.8 Å². The maximum Gasteiger partial charge on any atom is 0.0737 e. The second kappa shape index (κ2) is 2.66. The van der Waals surface area contributed by atoms with Gasteiger partial charge in [-0.05, 0) is 6.92 Å². The third-order valence-electron chi connectivity index (χ3n) is 1.07. The van der Waals surface area contributed by atoms with Crippen molar-refractivity contribution in [1.29, 1.82) is 0 Å². The second-order valence-electron chi connectivity index (χ2n) is 1.84. The quantitative estimate of drug-likeness (QED) is 0.497. The lowest BCUT2D eigenvalue weighted by molar-refractivity contribution is 0.756. The fourth-order valence-electron chi connectivity index (χ4n) is 0.667. The highest BCUT2D eigenvalue weighted by Crippen LogP contribution is 2.23. The number of aryl methyl sites for hydroxylation is 2.